The Labute approximate surface area is 178 Å². The van der Waals surface area contributed by atoms with Gasteiger partial charge in [-0.2, -0.15) is 0 Å². The third-order valence-corrected chi connectivity index (χ3v) is 5.15. The lowest BCUT2D eigenvalue weighted by Gasteiger charge is -2.10. The maximum Gasteiger partial charge on any atom is 0.300 e. The number of carboxylic acid groups (broad SMARTS) is 1. The van der Waals surface area contributed by atoms with Gasteiger partial charge < -0.3 is 5.11 Å². The number of unbranched alkanes of at least 4 members (excludes halogenated alkanes) is 10. The third-order valence-electron chi connectivity index (χ3n) is 5.15. The predicted molar refractivity (Wildman–Crippen MR) is 125 cm³/mol. The van der Waals surface area contributed by atoms with Crippen molar-refractivity contribution in [2.24, 2.45) is 0 Å². The smallest absolute Gasteiger partial charge is 0.300 e. The van der Waals surface area contributed by atoms with Gasteiger partial charge in [0.05, 0.1) is 0 Å². The van der Waals surface area contributed by atoms with E-state index in [1.165, 1.54) is 93.7 Å². The molecule has 0 fully saturated rings. The maximum atomic E-state index is 9.00. The van der Waals surface area contributed by atoms with E-state index in [4.69, 9.17) is 9.90 Å². The molecule has 0 unspecified atom stereocenters. The molecule has 2 nitrogen and oxygen atoms in total. The molecule has 0 aromatic heterocycles. The number of carbonyl (C=O) groups is 1. The fourth-order valence-electron chi connectivity index (χ4n) is 3.62. The van der Waals surface area contributed by atoms with E-state index in [1.54, 1.807) is 0 Å². The molecule has 0 spiro atoms. The average molecular weight is 397 g/mol. The van der Waals surface area contributed by atoms with Gasteiger partial charge >= 0.3 is 0 Å². The number of aliphatic carboxylic acids is 1. The van der Waals surface area contributed by atoms with Gasteiger partial charge in [0.15, 0.2) is 0 Å². The Hall–Kier alpha value is -2.09. The summed E-state index contributed by atoms with van der Waals surface area (Å²) in [5.74, 6) is -0.833. The van der Waals surface area contributed by atoms with Gasteiger partial charge in [0.25, 0.3) is 5.97 Å². The van der Waals surface area contributed by atoms with Crippen molar-refractivity contribution in [2.75, 3.05) is 0 Å². The molecule has 1 N–H and O–H groups in total. The van der Waals surface area contributed by atoms with Crippen molar-refractivity contribution < 1.29 is 9.90 Å². The van der Waals surface area contributed by atoms with E-state index in [0.29, 0.717) is 0 Å². The van der Waals surface area contributed by atoms with Gasteiger partial charge in [0, 0.05) is 6.92 Å². The van der Waals surface area contributed by atoms with E-state index >= 15 is 0 Å². The zero-order valence-corrected chi connectivity index (χ0v) is 18.5. The van der Waals surface area contributed by atoms with Crippen LogP contribution in [0.1, 0.15) is 90.0 Å². The Morgan fingerprint density at radius 3 is 1.69 bits per heavy atom. The molecule has 0 saturated heterocycles. The van der Waals surface area contributed by atoms with Crippen LogP contribution in [0.5, 0.6) is 0 Å². The number of hydrogen-bond donors (Lipinski definition) is 1. The normalized spacial score (nSPS) is 10.3. The lowest BCUT2D eigenvalue weighted by molar-refractivity contribution is -0.134. The van der Waals surface area contributed by atoms with Gasteiger partial charge in [0.2, 0.25) is 0 Å². The molecule has 0 aliphatic carbocycles. The summed E-state index contributed by atoms with van der Waals surface area (Å²) in [6.07, 6.45) is 16.7. The number of hydrogen-bond acceptors (Lipinski definition) is 1. The first kappa shape index (κ1) is 24.9. The zero-order chi connectivity index (χ0) is 21.2. The highest BCUT2D eigenvalue weighted by Gasteiger charge is 2.03. The Bertz CT molecular complexity index is 645. The molecule has 0 aliphatic heterocycles. The molecular formula is C27H40O2. The first-order chi connectivity index (χ1) is 14.1. The number of aryl methyl sites for hydroxylation is 1. The summed E-state index contributed by atoms with van der Waals surface area (Å²) in [5, 5.41) is 7.42. The van der Waals surface area contributed by atoms with Crippen LogP contribution in [0.25, 0.3) is 11.1 Å². The summed E-state index contributed by atoms with van der Waals surface area (Å²) < 4.78 is 0. The summed E-state index contributed by atoms with van der Waals surface area (Å²) in [5.41, 5.74) is 4.26. The van der Waals surface area contributed by atoms with Crippen LogP contribution in [0.3, 0.4) is 0 Å². The predicted octanol–water partition coefficient (Wildman–Crippen LogP) is 8.30. The van der Waals surface area contributed by atoms with E-state index in [-0.39, 0.29) is 0 Å². The monoisotopic (exact) mass is 396 g/mol. The van der Waals surface area contributed by atoms with E-state index < -0.39 is 5.97 Å². The second-order valence-corrected chi connectivity index (χ2v) is 7.83. The standard InChI is InChI=1S/C25H36.C2H4O2/c1-2-3-4-5-6-7-8-9-10-11-13-18-24-21-16-17-22-25(24)23-19-14-12-15-20-23;1-2(3)4/h12,14-17,19-22H,2-11,13,18H2,1H3;1H3,(H,3,4). The van der Waals surface area contributed by atoms with Crippen LogP contribution < -0.4 is 0 Å². The van der Waals surface area contributed by atoms with Crippen LogP contribution in [0, 0.1) is 0 Å². The second-order valence-electron chi connectivity index (χ2n) is 7.83. The van der Waals surface area contributed by atoms with Crippen molar-refractivity contribution in [1.82, 2.24) is 0 Å². The fourth-order valence-corrected chi connectivity index (χ4v) is 3.62. The maximum absolute atomic E-state index is 9.00. The van der Waals surface area contributed by atoms with Crippen molar-refractivity contribution in [3.63, 3.8) is 0 Å². The van der Waals surface area contributed by atoms with Crippen LogP contribution in [0.2, 0.25) is 0 Å². The van der Waals surface area contributed by atoms with Crippen molar-refractivity contribution in [1.29, 1.82) is 0 Å². The quantitative estimate of drug-likeness (QED) is 0.346. The molecule has 29 heavy (non-hydrogen) atoms. The van der Waals surface area contributed by atoms with Crippen LogP contribution >= 0.6 is 0 Å². The first-order valence-corrected chi connectivity index (χ1v) is 11.5. The number of rotatable bonds is 13. The minimum Gasteiger partial charge on any atom is -0.481 e. The molecule has 0 atom stereocenters. The largest absolute Gasteiger partial charge is 0.481 e. The summed E-state index contributed by atoms with van der Waals surface area (Å²) in [6, 6.07) is 19.7. The van der Waals surface area contributed by atoms with Crippen LogP contribution in [-0.4, -0.2) is 11.1 Å². The highest BCUT2D eigenvalue weighted by Crippen LogP contribution is 2.25. The van der Waals surface area contributed by atoms with E-state index in [2.05, 4.69) is 61.5 Å². The third kappa shape index (κ3) is 12.9. The molecule has 0 aliphatic rings. The Morgan fingerprint density at radius 1 is 0.690 bits per heavy atom. The van der Waals surface area contributed by atoms with Gasteiger partial charge in [0.1, 0.15) is 0 Å². The highest BCUT2D eigenvalue weighted by molar-refractivity contribution is 5.67. The van der Waals surface area contributed by atoms with Gasteiger partial charge in [-0.3, -0.25) is 4.79 Å². The molecule has 2 aromatic rings. The Kier molecular flexibility index (Phi) is 14.5. The second kappa shape index (κ2) is 16.8. The number of benzene rings is 2. The lowest BCUT2D eigenvalue weighted by atomic mass is 9.95. The van der Waals surface area contributed by atoms with Gasteiger partial charge in [-0.25, -0.2) is 0 Å². The Morgan fingerprint density at radius 2 is 1.14 bits per heavy atom. The summed E-state index contributed by atoms with van der Waals surface area (Å²) in [4.78, 5) is 9.00. The molecule has 0 saturated carbocycles. The lowest BCUT2D eigenvalue weighted by Crippen LogP contribution is -1.91. The molecule has 2 heteroatoms. The molecule has 0 radical (unpaired) electrons. The summed E-state index contributed by atoms with van der Waals surface area (Å²) in [7, 11) is 0. The van der Waals surface area contributed by atoms with Gasteiger partial charge in [-0.05, 0) is 29.5 Å². The summed E-state index contributed by atoms with van der Waals surface area (Å²) >= 11 is 0. The minimum absolute atomic E-state index is 0.833. The van der Waals surface area contributed by atoms with Crippen molar-refractivity contribution >= 4 is 5.97 Å². The molecule has 0 heterocycles. The zero-order valence-electron chi connectivity index (χ0n) is 18.5. The molecule has 2 rings (SSSR count). The van der Waals surface area contributed by atoms with Crippen molar-refractivity contribution in [3.05, 3.63) is 60.2 Å². The van der Waals surface area contributed by atoms with Gasteiger partial charge in [-0.1, -0.05) is 126 Å². The highest BCUT2D eigenvalue weighted by atomic mass is 16.4. The van der Waals surface area contributed by atoms with Crippen LogP contribution in [0.4, 0.5) is 0 Å². The van der Waals surface area contributed by atoms with E-state index in [9.17, 15) is 0 Å². The first-order valence-electron chi connectivity index (χ1n) is 11.5. The van der Waals surface area contributed by atoms with E-state index in [1.807, 2.05) is 0 Å². The molecule has 0 bridgehead atoms. The van der Waals surface area contributed by atoms with Gasteiger partial charge in [-0.15, -0.1) is 0 Å². The van der Waals surface area contributed by atoms with Crippen LogP contribution in [-0.2, 0) is 11.2 Å². The minimum atomic E-state index is -0.833. The fraction of sp³-hybridized carbons (Fsp3) is 0.519. The number of carboxylic acids is 1. The van der Waals surface area contributed by atoms with Crippen molar-refractivity contribution in [3.8, 4) is 11.1 Å². The van der Waals surface area contributed by atoms with Crippen LogP contribution in [0.15, 0.2) is 54.6 Å². The average Bonchev–Trinajstić information content (AvgIpc) is 2.72. The molecule has 160 valence electrons. The topological polar surface area (TPSA) is 37.3 Å². The Balaban J connectivity index is 0.000000960. The van der Waals surface area contributed by atoms with Crippen molar-refractivity contribution in [2.45, 2.75) is 90.9 Å². The van der Waals surface area contributed by atoms with E-state index in [0.717, 1.165) is 6.92 Å². The summed E-state index contributed by atoms with van der Waals surface area (Å²) in [6.45, 7) is 3.37. The SMILES string of the molecule is CC(=O)O.CCCCCCCCCCCCCc1ccccc1-c1ccccc1. The molecular weight excluding hydrogens is 356 g/mol. The molecule has 2 aromatic carbocycles. The molecule has 0 amide bonds.